The van der Waals surface area contributed by atoms with Crippen LogP contribution in [0.1, 0.15) is 103 Å². The van der Waals surface area contributed by atoms with Crippen LogP contribution in [0, 0.1) is 11.3 Å². The Labute approximate surface area is 185 Å². The molecule has 0 atom stereocenters. The maximum absolute atomic E-state index is 11.5. The Balaban J connectivity index is 3.49. The molecule has 0 heterocycles. The van der Waals surface area contributed by atoms with Gasteiger partial charge in [0.25, 0.3) is 0 Å². The molecule has 0 aromatic carbocycles. The van der Waals surface area contributed by atoms with Crippen LogP contribution in [-0.4, -0.2) is 50.1 Å². The molecule has 0 unspecified atom stereocenters. The third-order valence-corrected chi connectivity index (χ3v) is 5.72. The van der Waals surface area contributed by atoms with Crippen LogP contribution in [0.3, 0.4) is 0 Å². The Morgan fingerprint density at radius 3 is 1.63 bits per heavy atom. The summed E-state index contributed by atoms with van der Waals surface area (Å²) in [6, 6.07) is 1.56. The minimum absolute atomic E-state index is 0.234. The van der Waals surface area contributed by atoms with E-state index in [4.69, 9.17) is 15.4 Å². The summed E-state index contributed by atoms with van der Waals surface area (Å²) in [6.45, 7) is 4.24. The molecular formula is C25H45N3O2. The highest BCUT2D eigenvalue weighted by Gasteiger charge is 2.16. The Kier molecular flexibility index (Phi) is 18.3. The van der Waals surface area contributed by atoms with Crippen LogP contribution >= 0.6 is 0 Å². The third-order valence-electron chi connectivity index (χ3n) is 5.72. The number of hydrogen-bond acceptors (Lipinski definition) is 3. The quantitative estimate of drug-likeness (QED) is 0.0592. The number of carbonyl (C=O) groups excluding carboxylic acids is 1. The van der Waals surface area contributed by atoms with Crippen molar-refractivity contribution in [3.05, 3.63) is 11.0 Å². The fraction of sp³-hybridized carbons (Fsp3) is 0.840. The van der Waals surface area contributed by atoms with Crippen LogP contribution in [0.5, 0.6) is 0 Å². The van der Waals surface area contributed by atoms with Crippen LogP contribution in [0.25, 0.3) is 5.41 Å². The molecule has 0 amide bonds. The minimum Gasteiger partial charge on any atom is -0.762 e. The van der Waals surface area contributed by atoms with Crippen molar-refractivity contribution in [1.82, 2.24) is 0 Å². The van der Waals surface area contributed by atoms with Gasteiger partial charge in [-0.1, -0.05) is 90.4 Å². The van der Waals surface area contributed by atoms with E-state index in [9.17, 15) is 4.79 Å². The molecular weight excluding hydrogens is 374 g/mol. The Hall–Kier alpha value is -1.63. The Morgan fingerprint density at radius 2 is 1.23 bits per heavy atom. The SMILES string of the molecule is CCCCCCCCCCCCCCCCC[N+](C)(C)CCOC(=O)C(=C=[N-])C#N. The number of nitrogens with zero attached hydrogens (tertiary/aromatic N) is 3. The largest absolute Gasteiger partial charge is 0.762 e. The number of unbranched alkanes of at least 4 members (excludes halogenated alkanes) is 14. The van der Waals surface area contributed by atoms with E-state index in [0.29, 0.717) is 6.54 Å². The van der Waals surface area contributed by atoms with Crippen molar-refractivity contribution in [2.24, 2.45) is 0 Å². The summed E-state index contributed by atoms with van der Waals surface area (Å²) in [6.07, 6.45) is 20.5. The van der Waals surface area contributed by atoms with E-state index in [1.54, 1.807) is 11.9 Å². The molecule has 30 heavy (non-hydrogen) atoms. The number of nitriles is 1. The molecule has 0 saturated heterocycles. The summed E-state index contributed by atoms with van der Waals surface area (Å²) >= 11 is 0. The van der Waals surface area contributed by atoms with Crippen molar-refractivity contribution in [2.75, 3.05) is 33.8 Å². The number of esters is 1. The van der Waals surface area contributed by atoms with E-state index < -0.39 is 11.5 Å². The predicted octanol–water partition coefficient (Wildman–Crippen LogP) is 6.17. The van der Waals surface area contributed by atoms with E-state index in [2.05, 4.69) is 21.0 Å². The molecule has 0 aliphatic carbocycles. The molecule has 0 fully saturated rings. The monoisotopic (exact) mass is 419 g/mol. The van der Waals surface area contributed by atoms with Crippen LogP contribution in [-0.2, 0) is 9.53 Å². The number of carbonyl (C=O) groups is 1. The lowest BCUT2D eigenvalue weighted by Crippen LogP contribution is -2.43. The summed E-state index contributed by atoms with van der Waals surface area (Å²) < 4.78 is 5.79. The first-order valence-corrected chi connectivity index (χ1v) is 12.1. The molecule has 0 spiro atoms. The zero-order valence-corrected chi connectivity index (χ0v) is 19.9. The Morgan fingerprint density at radius 1 is 0.800 bits per heavy atom. The van der Waals surface area contributed by atoms with Gasteiger partial charge in [0.2, 0.25) is 0 Å². The normalized spacial score (nSPS) is 11.0. The topological polar surface area (TPSA) is 72.4 Å². The molecule has 0 aliphatic rings. The first-order chi connectivity index (χ1) is 14.5. The van der Waals surface area contributed by atoms with Crippen LogP contribution in [0.15, 0.2) is 5.57 Å². The van der Waals surface area contributed by atoms with E-state index >= 15 is 0 Å². The molecule has 0 aromatic heterocycles. The molecule has 0 radical (unpaired) electrons. The highest BCUT2D eigenvalue weighted by Crippen LogP contribution is 2.14. The highest BCUT2D eigenvalue weighted by atomic mass is 16.5. The van der Waals surface area contributed by atoms with Crippen molar-refractivity contribution in [2.45, 2.75) is 103 Å². The smallest absolute Gasteiger partial charge is 0.355 e. The molecule has 5 heteroatoms. The van der Waals surface area contributed by atoms with Crippen molar-refractivity contribution >= 4 is 11.8 Å². The summed E-state index contributed by atoms with van der Waals surface area (Å²) in [5.74, 6) is 0.746. The van der Waals surface area contributed by atoms with Gasteiger partial charge in [0, 0.05) is 0 Å². The van der Waals surface area contributed by atoms with Crippen LogP contribution in [0.2, 0.25) is 0 Å². The van der Waals surface area contributed by atoms with Gasteiger partial charge in [-0.2, -0.15) is 5.26 Å². The van der Waals surface area contributed by atoms with Gasteiger partial charge in [-0.25, -0.2) is 10.7 Å². The van der Waals surface area contributed by atoms with Gasteiger partial charge in [-0.3, -0.25) is 0 Å². The number of hydrogen-bond donors (Lipinski definition) is 0. The van der Waals surface area contributed by atoms with Crippen molar-refractivity contribution in [3.8, 4) is 6.07 Å². The molecule has 0 saturated carbocycles. The molecule has 0 aromatic rings. The minimum atomic E-state index is -0.813. The van der Waals surface area contributed by atoms with Gasteiger partial charge >= 0.3 is 5.97 Å². The van der Waals surface area contributed by atoms with Gasteiger partial charge in [0.1, 0.15) is 19.2 Å². The number of likely N-dealkylation sites (N-methyl/N-ethyl adjacent to an activating group) is 1. The van der Waals surface area contributed by atoms with Crippen molar-refractivity contribution in [3.63, 3.8) is 0 Å². The summed E-state index contributed by atoms with van der Waals surface area (Å²) in [4.78, 5) is 11.5. The number of ether oxygens (including phenoxy) is 1. The fourth-order valence-corrected chi connectivity index (χ4v) is 3.60. The zero-order valence-electron chi connectivity index (χ0n) is 19.9. The van der Waals surface area contributed by atoms with E-state index in [-0.39, 0.29) is 6.61 Å². The van der Waals surface area contributed by atoms with Gasteiger partial charge < -0.3 is 14.6 Å². The average Bonchev–Trinajstić information content (AvgIpc) is 2.71. The molecule has 5 nitrogen and oxygen atoms in total. The van der Waals surface area contributed by atoms with Crippen LogP contribution in [0.4, 0.5) is 0 Å². The van der Waals surface area contributed by atoms with Gasteiger partial charge in [-0.15, -0.1) is 0 Å². The zero-order chi connectivity index (χ0) is 22.5. The first kappa shape index (κ1) is 28.4. The summed E-state index contributed by atoms with van der Waals surface area (Å²) in [7, 11) is 4.24. The first-order valence-electron chi connectivity index (χ1n) is 12.1. The number of rotatable bonds is 20. The van der Waals surface area contributed by atoms with Crippen molar-refractivity contribution < 1.29 is 14.0 Å². The van der Waals surface area contributed by atoms with E-state index in [1.165, 1.54) is 96.3 Å². The van der Waals surface area contributed by atoms with Gasteiger partial charge in [-0.05, 0) is 12.8 Å². The summed E-state index contributed by atoms with van der Waals surface area (Å²) in [5.41, 5.74) is -0.484. The standard InChI is InChI=1S/C25H45N3O2/c1-4-5-6-7-8-9-10-11-12-13-14-15-16-17-18-19-28(2,3)20-21-30-25(29)24(22-26)23-27/h4-21H2,1-3H3. The number of quaternary nitrogens is 1. The molecule has 172 valence electrons. The van der Waals surface area contributed by atoms with E-state index in [1.807, 2.05) is 0 Å². The fourth-order valence-electron chi connectivity index (χ4n) is 3.60. The predicted molar refractivity (Wildman–Crippen MR) is 125 cm³/mol. The molecule has 0 N–H and O–H groups in total. The van der Waals surface area contributed by atoms with E-state index in [0.717, 1.165) is 11.0 Å². The second-order valence-electron chi connectivity index (χ2n) is 9.07. The Bertz CT molecular complexity index is 531. The van der Waals surface area contributed by atoms with Crippen molar-refractivity contribution in [1.29, 1.82) is 5.26 Å². The lowest BCUT2D eigenvalue weighted by molar-refractivity contribution is -0.890. The molecule has 0 rings (SSSR count). The highest BCUT2D eigenvalue weighted by molar-refractivity contribution is 6.02. The average molecular weight is 420 g/mol. The second-order valence-corrected chi connectivity index (χ2v) is 9.07. The summed E-state index contributed by atoms with van der Waals surface area (Å²) in [5, 5.41) is 17.3. The third kappa shape index (κ3) is 17.2. The maximum atomic E-state index is 11.5. The van der Waals surface area contributed by atoms with Crippen LogP contribution < -0.4 is 0 Å². The van der Waals surface area contributed by atoms with Gasteiger partial charge in [0.15, 0.2) is 5.57 Å². The second kappa shape index (κ2) is 19.3. The lowest BCUT2D eigenvalue weighted by Gasteiger charge is -2.29. The van der Waals surface area contributed by atoms with Gasteiger partial charge in [0.05, 0.1) is 20.6 Å². The lowest BCUT2D eigenvalue weighted by atomic mass is 10.0. The maximum Gasteiger partial charge on any atom is 0.355 e. The molecule has 0 aliphatic heterocycles. The molecule has 0 bridgehead atoms.